The lowest BCUT2D eigenvalue weighted by Crippen LogP contribution is -2.37. The zero-order chi connectivity index (χ0) is 13.0. The molecule has 0 aromatic heterocycles. The van der Waals surface area contributed by atoms with Crippen LogP contribution in [0.15, 0.2) is 0 Å². The molecule has 1 amide bonds. The maximum Gasteiger partial charge on any atom is 0.226 e. The van der Waals surface area contributed by atoms with Crippen LogP contribution in [0.25, 0.3) is 0 Å². The summed E-state index contributed by atoms with van der Waals surface area (Å²) in [5.74, 6) is 0.395. The van der Waals surface area contributed by atoms with Gasteiger partial charge in [-0.2, -0.15) is 0 Å². The van der Waals surface area contributed by atoms with Crippen LogP contribution in [0.1, 0.15) is 40.5 Å². The number of rotatable bonds is 5. The molecular formula is C13H24ClNO2. The van der Waals surface area contributed by atoms with Gasteiger partial charge >= 0.3 is 0 Å². The Bertz CT molecular complexity index is 258. The van der Waals surface area contributed by atoms with Crippen LogP contribution in [-0.4, -0.2) is 30.0 Å². The number of alkyl halides is 1. The molecule has 0 bridgehead atoms. The molecule has 1 aliphatic rings. The molecule has 1 rings (SSSR count). The van der Waals surface area contributed by atoms with E-state index in [0.717, 1.165) is 12.8 Å². The molecule has 1 fully saturated rings. The fourth-order valence-corrected chi connectivity index (χ4v) is 2.59. The lowest BCUT2D eigenvalue weighted by molar-refractivity contribution is -0.127. The number of nitrogens with one attached hydrogen (secondary N) is 1. The van der Waals surface area contributed by atoms with Gasteiger partial charge in [0.25, 0.3) is 0 Å². The topological polar surface area (TPSA) is 38.3 Å². The van der Waals surface area contributed by atoms with E-state index < -0.39 is 0 Å². The van der Waals surface area contributed by atoms with Gasteiger partial charge in [0.15, 0.2) is 0 Å². The number of amides is 1. The number of carbonyl (C=O) groups is 1. The van der Waals surface area contributed by atoms with Crippen LogP contribution < -0.4 is 5.32 Å². The summed E-state index contributed by atoms with van der Waals surface area (Å²) < 4.78 is 5.67. The molecule has 3 nitrogen and oxygen atoms in total. The molecule has 0 saturated carbocycles. The highest BCUT2D eigenvalue weighted by atomic mass is 35.5. The molecule has 100 valence electrons. The van der Waals surface area contributed by atoms with Gasteiger partial charge in [-0.1, -0.05) is 6.92 Å². The van der Waals surface area contributed by atoms with Crippen LogP contribution in [0.3, 0.4) is 0 Å². The van der Waals surface area contributed by atoms with Gasteiger partial charge in [0.1, 0.15) is 0 Å². The van der Waals surface area contributed by atoms with Crippen molar-refractivity contribution >= 4 is 17.5 Å². The first-order valence-corrected chi connectivity index (χ1v) is 6.94. The van der Waals surface area contributed by atoms with Gasteiger partial charge in [-0.3, -0.25) is 4.79 Å². The molecule has 0 aliphatic carbocycles. The van der Waals surface area contributed by atoms with E-state index in [1.165, 1.54) is 0 Å². The summed E-state index contributed by atoms with van der Waals surface area (Å²) in [7, 11) is 0. The second kappa shape index (κ2) is 6.60. The third-order valence-electron chi connectivity index (χ3n) is 3.62. The molecular weight excluding hydrogens is 238 g/mol. The Balaban J connectivity index is 2.32. The highest BCUT2D eigenvalue weighted by Gasteiger charge is 2.41. The van der Waals surface area contributed by atoms with E-state index in [4.69, 9.17) is 16.3 Å². The average Bonchev–Trinajstić information content (AvgIpc) is 2.48. The monoisotopic (exact) mass is 261 g/mol. The van der Waals surface area contributed by atoms with Gasteiger partial charge in [-0.05, 0) is 39.5 Å². The highest BCUT2D eigenvalue weighted by molar-refractivity contribution is 6.20. The number of halogens is 1. The van der Waals surface area contributed by atoms with E-state index >= 15 is 0 Å². The summed E-state index contributed by atoms with van der Waals surface area (Å²) in [4.78, 5) is 12.0. The van der Waals surface area contributed by atoms with Gasteiger partial charge in [0.2, 0.25) is 5.91 Å². The van der Waals surface area contributed by atoms with Crippen molar-refractivity contribution in [1.29, 1.82) is 0 Å². The van der Waals surface area contributed by atoms with E-state index in [1.807, 2.05) is 20.8 Å². The van der Waals surface area contributed by atoms with Gasteiger partial charge in [-0.15, -0.1) is 11.6 Å². The molecule has 17 heavy (non-hydrogen) atoms. The molecule has 1 heterocycles. The summed E-state index contributed by atoms with van der Waals surface area (Å²) in [6, 6.07) is 0. The van der Waals surface area contributed by atoms with Crippen LogP contribution in [0.2, 0.25) is 0 Å². The summed E-state index contributed by atoms with van der Waals surface area (Å²) >= 11 is 5.85. The van der Waals surface area contributed by atoms with Crippen LogP contribution >= 0.6 is 11.6 Å². The van der Waals surface area contributed by atoms with E-state index in [2.05, 4.69) is 12.2 Å². The van der Waals surface area contributed by atoms with E-state index in [9.17, 15) is 4.79 Å². The average molecular weight is 262 g/mol. The number of carbonyl (C=O) groups excluding carboxylic acids is 1. The van der Waals surface area contributed by atoms with Crippen LogP contribution in [-0.2, 0) is 9.53 Å². The molecule has 0 radical (unpaired) electrons. The largest absolute Gasteiger partial charge is 0.374 e. The van der Waals surface area contributed by atoms with Crippen molar-refractivity contribution in [1.82, 2.24) is 5.32 Å². The first kappa shape index (κ1) is 14.8. The van der Waals surface area contributed by atoms with E-state index in [0.29, 0.717) is 6.54 Å². The Morgan fingerprint density at radius 1 is 1.35 bits per heavy atom. The standard InChI is InChI=1S/C13H24ClNO2/c1-8(14)6-5-7-15-13(16)12-9(2)10(3)17-11(12)4/h8-12H,5-7H2,1-4H3,(H,15,16). The molecule has 0 aromatic carbocycles. The Hall–Kier alpha value is -0.280. The highest BCUT2D eigenvalue weighted by Crippen LogP contribution is 2.32. The quantitative estimate of drug-likeness (QED) is 0.610. The minimum Gasteiger partial charge on any atom is -0.374 e. The maximum atomic E-state index is 12.0. The lowest BCUT2D eigenvalue weighted by atomic mass is 9.89. The minimum absolute atomic E-state index is 0.0153. The Morgan fingerprint density at radius 2 is 2.00 bits per heavy atom. The predicted octanol–water partition coefficient (Wildman–Crippen LogP) is 2.57. The first-order chi connectivity index (χ1) is 7.93. The molecule has 5 unspecified atom stereocenters. The van der Waals surface area contributed by atoms with Crippen LogP contribution in [0.4, 0.5) is 0 Å². The van der Waals surface area contributed by atoms with Crippen molar-refractivity contribution in [3.63, 3.8) is 0 Å². The summed E-state index contributed by atoms with van der Waals surface area (Å²) in [6.45, 7) is 8.77. The fraction of sp³-hybridized carbons (Fsp3) is 0.923. The van der Waals surface area contributed by atoms with Gasteiger partial charge < -0.3 is 10.1 Å². The third-order valence-corrected chi connectivity index (χ3v) is 3.84. The maximum absolute atomic E-state index is 12.0. The number of hydrogen-bond acceptors (Lipinski definition) is 2. The van der Waals surface area contributed by atoms with Crippen LogP contribution in [0.5, 0.6) is 0 Å². The van der Waals surface area contributed by atoms with Crippen molar-refractivity contribution in [2.75, 3.05) is 6.54 Å². The molecule has 0 aromatic rings. The van der Waals surface area contributed by atoms with E-state index in [-0.39, 0.29) is 35.3 Å². The second-order valence-electron chi connectivity index (χ2n) is 5.15. The Kier molecular flexibility index (Phi) is 5.74. The van der Waals surface area contributed by atoms with E-state index in [1.54, 1.807) is 0 Å². The van der Waals surface area contributed by atoms with Gasteiger partial charge in [-0.25, -0.2) is 0 Å². The smallest absolute Gasteiger partial charge is 0.226 e. The molecule has 4 heteroatoms. The number of hydrogen-bond donors (Lipinski definition) is 1. The summed E-state index contributed by atoms with van der Waals surface area (Å²) in [5.41, 5.74) is 0. The normalized spacial score (nSPS) is 34.6. The molecule has 0 spiro atoms. The number of ether oxygens (including phenoxy) is 1. The molecule has 1 saturated heterocycles. The Labute approximate surface area is 109 Å². The molecule has 5 atom stereocenters. The molecule has 1 N–H and O–H groups in total. The van der Waals surface area contributed by atoms with Crippen molar-refractivity contribution in [3.8, 4) is 0 Å². The third kappa shape index (κ3) is 4.14. The minimum atomic E-state index is -0.0153. The summed E-state index contributed by atoms with van der Waals surface area (Å²) in [6.07, 6.45) is 2.06. The van der Waals surface area contributed by atoms with Gasteiger partial charge in [0.05, 0.1) is 18.1 Å². The van der Waals surface area contributed by atoms with Gasteiger partial charge in [0, 0.05) is 11.9 Å². The van der Waals surface area contributed by atoms with Crippen molar-refractivity contribution < 1.29 is 9.53 Å². The molecule has 1 aliphatic heterocycles. The van der Waals surface area contributed by atoms with Crippen molar-refractivity contribution in [2.45, 2.75) is 58.1 Å². The summed E-state index contributed by atoms with van der Waals surface area (Å²) in [5, 5.41) is 3.16. The SMILES string of the molecule is CC(Cl)CCCNC(=O)C1C(C)OC(C)C1C. The zero-order valence-electron chi connectivity index (χ0n) is 11.2. The second-order valence-corrected chi connectivity index (χ2v) is 5.89. The Morgan fingerprint density at radius 3 is 2.47 bits per heavy atom. The zero-order valence-corrected chi connectivity index (χ0v) is 12.0. The first-order valence-electron chi connectivity index (χ1n) is 6.50. The predicted molar refractivity (Wildman–Crippen MR) is 70.2 cm³/mol. The van der Waals surface area contributed by atoms with Crippen LogP contribution in [0, 0.1) is 11.8 Å². The lowest BCUT2D eigenvalue weighted by Gasteiger charge is -2.18. The van der Waals surface area contributed by atoms with Crippen molar-refractivity contribution in [2.24, 2.45) is 11.8 Å². The van der Waals surface area contributed by atoms with Crippen molar-refractivity contribution in [3.05, 3.63) is 0 Å². The fourth-order valence-electron chi connectivity index (χ4n) is 2.43.